The largest absolute Gasteiger partial charge is 0.497 e. The van der Waals surface area contributed by atoms with Crippen LogP contribution in [0.1, 0.15) is 5.56 Å². The first-order valence-electron chi connectivity index (χ1n) is 7.89. The molecule has 0 saturated heterocycles. The highest BCUT2D eigenvalue weighted by atomic mass is 19.1. The van der Waals surface area contributed by atoms with Crippen LogP contribution in [0.15, 0.2) is 43.0 Å². The van der Waals surface area contributed by atoms with Crippen LogP contribution in [0.2, 0.25) is 0 Å². The van der Waals surface area contributed by atoms with Crippen LogP contribution in [-0.4, -0.2) is 36.6 Å². The molecule has 1 aromatic carbocycles. The summed E-state index contributed by atoms with van der Waals surface area (Å²) in [6, 6.07) is 4.61. The maximum atomic E-state index is 14.1. The number of rotatable bonds is 5. The highest BCUT2D eigenvalue weighted by molar-refractivity contribution is 5.75. The summed E-state index contributed by atoms with van der Waals surface area (Å²) in [5.41, 5.74) is 1.85. The van der Waals surface area contributed by atoms with E-state index < -0.39 is 0 Å². The molecule has 132 valence electrons. The third-order valence-corrected chi connectivity index (χ3v) is 3.91. The number of methoxy groups -OCH3 is 1. The number of aryl methyl sites for hydroxylation is 1. The molecule has 1 N–H and O–H groups in total. The van der Waals surface area contributed by atoms with Crippen LogP contribution in [0.3, 0.4) is 0 Å². The molecule has 0 fully saturated rings. The molecule has 0 aliphatic carbocycles. The Morgan fingerprint density at radius 2 is 2.08 bits per heavy atom. The van der Waals surface area contributed by atoms with E-state index >= 15 is 0 Å². The van der Waals surface area contributed by atoms with Gasteiger partial charge in [0.2, 0.25) is 5.95 Å². The van der Waals surface area contributed by atoms with Crippen molar-refractivity contribution in [1.29, 1.82) is 0 Å². The average molecular weight is 353 g/mol. The Kier molecular flexibility index (Phi) is 3.96. The minimum atomic E-state index is -0.322. The van der Waals surface area contributed by atoms with Crippen molar-refractivity contribution in [3.8, 4) is 5.75 Å². The normalized spacial score (nSPS) is 11.0. The molecule has 4 rings (SSSR count). The zero-order valence-corrected chi connectivity index (χ0v) is 14.2. The van der Waals surface area contributed by atoms with Gasteiger partial charge in [0, 0.05) is 25.0 Å². The number of ether oxygens (including phenoxy) is 1. The van der Waals surface area contributed by atoms with Crippen molar-refractivity contribution in [1.82, 2.24) is 29.5 Å². The van der Waals surface area contributed by atoms with Crippen molar-refractivity contribution in [3.63, 3.8) is 0 Å². The summed E-state index contributed by atoms with van der Waals surface area (Å²) in [4.78, 5) is 8.77. The van der Waals surface area contributed by atoms with Crippen molar-refractivity contribution >= 4 is 22.7 Å². The lowest BCUT2D eigenvalue weighted by Crippen LogP contribution is -2.06. The fourth-order valence-corrected chi connectivity index (χ4v) is 2.62. The third kappa shape index (κ3) is 3.06. The minimum Gasteiger partial charge on any atom is -0.497 e. The molecule has 4 aromatic rings. The molecule has 0 unspecified atom stereocenters. The predicted molar refractivity (Wildman–Crippen MR) is 93.9 cm³/mol. The number of fused-ring (bicyclic) bond motifs is 1. The van der Waals surface area contributed by atoms with E-state index in [1.54, 1.807) is 47.2 Å². The van der Waals surface area contributed by atoms with E-state index in [1.165, 1.54) is 6.07 Å². The molecular weight excluding hydrogens is 337 g/mol. The monoisotopic (exact) mass is 353 g/mol. The third-order valence-electron chi connectivity index (χ3n) is 3.91. The van der Waals surface area contributed by atoms with E-state index in [1.807, 2.05) is 13.2 Å². The zero-order chi connectivity index (χ0) is 18.1. The number of benzene rings is 1. The Balaban J connectivity index is 1.66. The summed E-state index contributed by atoms with van der Waals surface area (Å²) < 4.78 is 22.6. The summed E-state index contributed by atoms with van der Waals surface area (Å²) >= 11 is 0. The lowest BCUT2D eigenvalue weighted by molar-refractivity contribution is 0.412. The molecule has 0 bridgehead atoms. The van der Waals surface area contributed by atoms with Crippen LogP contribution < -0.4 is 10.1 Å². The number of aromatic nitrogens is 6. The molecule has 9 heteroatoms. The van der Waals surface area contributed by atoms with E-state index in [-0.39, 0.29) is 12.4 Å². The maximum absolute atomic E-state index is 14.1. The smallest absolute Gasteiger partial charge is 0.229 e. The molecule has 26 heavy (non-hydrogen) atoms. The van der Waals surface area contributed by atoms with Gasteiger partial charge in [-0.25, -0.2) is 14.1 Å². The number of nitrogens with zero attached hydrogens (tertiary/aromatic N) is 6. The van der Waals surface area contributed by atoms with Gasteiger partial charge in [0.15, 0.2) is 5.65 Å². The highest BCUT2D eigenvalue weighted by Crippen LogP contribution is 2.20. The van der Waals surface area contributed by atoms with Gasteiger partial charge < -0.3 is 10.1 Å². The second-order valence-electron chi connectivity index (χ2n) is 5.76. The van der Waals surface area contributed by atoms with Gasteiger partial charge >= 0.3 is 0 Å². The van der Waals surface area contributed by atoms with E-state index in [0.717, 1.165) is 11.1 Å². The molecule has 0 saturated carbocycles. The Morgan fingerprint density at radius 3 is 2.85 bits per heavy atom. The summed E-state index contributed by atoms with van der Waals surface area (Å²) in [6.45, 7) is 0.232. The first-order chi connectivity index (χ1) is 12.6. The standard InChI is InChI=1S/C17H16FN7O/c1-24-10-13(8-20-24)22-17-19-6-12-7-21-25(16(12)23-17)9-11-5-14(26-2)3-4-15(11)18/h3-8,10H,9H2,1-2H3,(H,19,22,23). The van der Waals surface area contributed by atoms with Gasteiger partial charge in [0.05, 0.1) is 37.1 Å². The first-order valence-corrected chi connectivity index (χ1v) is 7.89. The van der Waals surface area contributed by atoms with Crippen LogP contribution in [0.4, 0.5) is 16.0 Å². The molecule has 8 nitrogen and oxygen atoms in total. The molecule has 0 spiro atoms. The van der Waals surface area contributed by atoms with Crippen LogP contribution >= 0.6 is 0 Å². The second-order valence-corrected chi connectivity index (χ2v) is 5.76. The van der Waals surface area contributed by atoms with Gasteiger partial charge in [-0.2, -0.15) is 15.2 Å². The number of anilines is 2. The second kappa shape index (κ2) is 6.43. The molecule has 3 aromatic heterocycles. The topological polar surface area (TPSA) is 82.7 Å². The summed E-state index contributed by atoms with van der Waals surface area (Å²) in [6.07, 6.45) is 6.82. The van der Waals surface area contributed by atoms with Gasteiger partial charge in [-0.15, -0.1) is 0 Å². The maximum Gasteiger partial charge on any atom is 0.229 e. The molecule has 0 atom stereocenters. The van der Waals surface area contributed by atoms with Crippen LogP contribution in [-0.2, 0) is 13.6 Å². The average Bonchev–Trinajstić information content (AvgIpc) is 3.23. The van der Waals surface area contributed by atoms with Crippen LogP contribution in [0, 0.1) is 5.82 Å². The fourth-order valence-electron chi connectivity index (χ4n) is 2.62. The Bertz CT molecular complexity index is 1070. The van der Waals surface area contributed by atoms with Gasteiger partial charge in [-0.3, -0.25) is 4.68 Å². The Hall–Kier alpha value is -3.49. The molecule has 0 aliphatic rings. The van der Waals surface area contributed by atoms with Crippen molar-refractivity contribution in [2.45, 2.75) is 6.54 Å². The van der Waals surface area contributed by atoms with E-state index in [2.05, 4.69) is 25.5 Å². The van der Waals surface area contributed by atoms with Crippen molar-refractivity contribution in [2.24, 2.45) is 7.05 Å². The first kappa shape index (κ1) is 16.0. The van der Waals surface area contributed by atoms with Gasteiger partial charge in [0.1, 0.15) is 11.6 Å². The SMILES string of the molecule is COc1ccc(F)c(Cn2ncc3cnc(Nc4cnn(C)c4)nc32)c1. The quantitative estimate of drug-likeness (QED) is 0.594. The Morgan fingerprint density at radius 1 is 1.19 bits per heavy atom. The summed E-state index contributed by atoms with van der Waals surface area (Å²) in [7, 11) is 3.37. The molecular formula is C17H16FN7O. The highest BCUT2D eigenvalue weighted by Gasteiger charge is 2.11. The lowest BCUT2D eigenvalue weighted by Gasteiger charge is -2.08. The number of halogens is 1. The van der Waals surface area contributed by atoms with Crippen LogP contribution in [0.5, 0.6) is 5.75 Å². The minimum absolute atomic E-state index is 0.232. The Labute approximate surface area is 148 Å². The zero-order valence-electron chi connectivity index (χ0n) is 14.2. The number of hydrogen-bond acceptors (Lipinski definition) is 6. The van der Waals surface area contributed by atoms with E-state index in [9.17, 15) is 4.39 Å². The molecule has 3 heterocycles. The van der Waals surface area contributed by atoms with Crippen molar-refractivity contribution in [2.75, 3.05) is 12.4 Å². The number of hydrogen-bond donors (Lipinski definition) is 1. The van der Waals surface area contributed by atoms with Gasteiger partial charge in [0.25, 0.3) is 0 Å². The van der Waals surface area contributed by atoms with Crippen molar-refractivity contribution in [3.05, 3.63) is 54.4 Å². The summed E-state index contributed by atoms with van der Waals surface area (Å²) in [5.74, 6) is 0.682. The molecule has 0 radical (unpaired) electrons. The van der Waals surface area contributed by atoms with Gasteiger partial charge in [-0.05, 0) is 18.2 Å². The molecule has 0 amide bonds. The fraction of sp³-hybridized carbons (Fsp3) is 0.176. The van der Waals surface area contributed by atoms with Crippen molar-refractivity contribution < 1.29 is 9.13 Å². The van der Waals surface area contributed by atoms with Crippen LogP contribution in [0.25, 0.3) is 11.0 Å². The molecule has 0 aliphatic heterocycles. The van der Waals surface area contributed by atoms with E-state index in [0.29, 0.717) is 22.9 Å². The lowest BCUT2D eigenvalue weighted by atomic mass is 10.2. The van der Waals surface area contributed by atoms with Gasteiger partial charge in [-0.1, -0.05) is 0 Å². The number of nitrogens with one attached hydrogen (secondary N) is 1. The summed E-state index contributed by atoms with van der Waals surface area (Å²) in [5, 5.41) is 12.2. The van der Waals surface area contributed by atoms with E-state index in [4.69, 9.17) is 4.74 Å². The predicted octanol–water partition coefficient (Wildman–Crippen LogP) is 2.50.